The minimum atomic E-state index is -0.121. The summed E-state index contributed by atoms with van der Waals surface area (Å²) in [5.41, 5.74) is 27.7. The van der Waals surface area contributed by atoms with Gasteiger partial charge in [-0.2, -0.15) is 0 Å². The Kier molecular flexibility index (Phi) is 8.55. The van der Waals surface area contributed by atoms with Gasteiger partial charge < -0.3 is 9.80 Å². The van der Waals surface area contributed by atoms with Crippen molar-refractivity contribution >= 4 is 40.6 Å². The summed E-state index contributed by atoms with van der Waals surface area (Å²) in [4.78, 5) is 5.13. The number of para-hydroxylation sites is 3. The Hall–Kier alpha value is -6.64. The topological polar surface area (TPSA) is 6.48 Å². The number of benzene rings is 7. The van der Waals surface area contributed by atoms with Crippen molar-refractivity contribution < 1.29 is 0 Å². The molecule has 2 aliphatic heterocycles. The Labute approximate surface area is 378 Å². The van der Waals surface area contributed by atoms with Gasteiger partial charge >= 0.3 is 0 Å². The molecule has 4 aliphatic carbocycles. The largest absolute Gasteiger partial charge is 0.314 e. The molecule has 0 radical (unpaired) electrons. The molecular weight excluding hydrogens is 773 g/mol. The minimum absolute atomic E-state index is 0.0544. The highest BCUT2D eigenvalue weighted by Gasteiger charge is 2.45. The third-order valence-corrected chi connectivity index (χ3v) is 16.0. The van der Waals surface area contributed by atoms with Gasteiger partial charge in [0.2, 0.25) is 0 Å². The molecule has 7 aromatic rings. The predicted octanol–water partition coefficient (Wildman–Crippen LogP) is 16.3. The summed E-state index contributed by atoms with van der Waals surface area (Å²) in [6.45, 7) is 4.85. The summed E-state index contributed by atoms with van der Waals surface area (Å²) in [6.07, 6.45) is 20.9. The van der Waals surface area contributed by atoms with Gasteiger partial charge in [-0.15, -0.1) is 0 Å². The maximum Gasteiger partial charge on any atom is 0.0493 e. The molecule has 2 heterocycles. The van der Waals surface area contributed by atoms with Crippen LogP contribution >= 0.6 is 0 Å². The number of anilines is 5. The van der Waals surface area contributed by atoms with Crippen molar-refractivity contribution in [3.05, 3.63) is 219 Å². The Morgan fingerprint density at radius 3 is 1.55 bits per heavy atom. The Bertz CT molecular complexity index is 3120. The molecule has 2 nitrogen and oxygen atoms in total. The zero-order valence-electron chi connectivity index (χ0n) is 37.1. The summed E-state index contributed by atoms with van der Waals surface area (Å²) in [6, 6.07) is 56.3. The smallest absolute Gasteiger partial charge is 0.0493 e. The van der Waals surface area contributed by atoms with Gasteiger partial charge in [0.15, 0.2) is 0 Å². The summed E-state index contributed by atoms with van der Waals surface area (Å²) in [5.74, 6) is 0. The van der Waals surface area contributed by atoms with Gasteiger partial charge in [-0.05, 0) is 172 Å². The van der Waals surface area contributed by atoms with Crippen LogP contribution in [-0.2, 0) is 30.1 Å². The SMILES string of the molecule is CC1(C)c2cc(/C=C/c3ccc4c(c3)C3(CCCC3)c3cc(N5c6ccccc6CCc6ccccc65)ccc3-4)ccc2-c2ccc(N3C4=C(C=CCC4)CCc4ccccc43)cc21. The average Bonchev–Trinajstić information content (AvgIpc) is 3.91. The third kappa shape index (κ3) is 5.70. The highest BCUT2D eigenvalue weighted by atomic mass is 15.2. The van der Waals surface area contributed by atoms with E-state index in [1.54, 1.807) is 0 Å². The quantitative estimate of drug-likeness (QED) is 0.163. The number of allylic oxidation sites excluding steroid dienone is 4. The van der Waals surface area contributed by atoms with Gasteiger partial charge in [0.1, 0.15) is 0 Å². The van der Waals surface area contributed by atoms with Crippen molar-refractivity contribution in [1.29, 1.82) is 0 Å². The number of hydrogen-bond acceptors (Lipinski definition) is 2. The lowest BCUT2D eigenvalue weighted by molar-refractivity contribution is 0.550. The summed E-state index contributed by atoms with van der Waals surface area (Å²) < 4.78 is 0. The maximum atomic E-state index is 2.59. The molecule has 2 heteroatoms. The molecule has 1 spiro atoms. The van der Waals surface area contributed by atoms with Gasteiger partial charge in [-0.25, -0.2) is 0 Å². The van der Waals surface area contributed by atoms with Crippen molar-refractivity contribution in [3.8, 4) is 22.3 Å². The van der Waals surface area contributed by atoms with Crippen molar-refractivity contribution in [2.45, 2.75) is 88.9 Å². The lowest BCUT2D eigenvalue weighted by Gasteiger charge is -2.32. The van der Waals surface area contributed by atoms with Crippen molar-refractivity contribution in [2.24, 2.45) is 0 Å². The molecule has 6 aliphatic rings. The first-order valence-electron chi connectivity index (χ1n) is 23.9. The van der Waals surface area contributed by atoms with Crippen molar-refractivity contribution in [1.82, 2.24) is 0 Å². The van der Waals surface area contributed by atoms with E-state index < -0.39 is 0 Å². The van der Waals surface area contributed by atoms with Crippen LogP contribution in [0.25, 0.3) is 34.4 Å². The first-order valence-corrected chi connectivity index (χ1v) is 23.9. The summed E-state index contributed by atoms with van der Waals surface area (Å²) >= 11 is 0. The van der Waals surface area contributed by atoms with E-state index in [0.717, 1.165) is 38.5 Å². The Morgan fingerprint density at radius 2 is 0.922 bits per heavy atom. The molecule has 1 saturated carbocycles. The first kappa shape index (κ1) is 37.9. The second-order valence-corrected chi connectivity index (χ2v) is 19.8. The second-order valence-electron chi connectivity index (χ2n) is 19.8. The normalized spacial score (nSPS) is 18.2. The number of hydrogen-bond donors (Lipinski definition) is 0. The molecule has 7 aromatic carbocycles. The molecular formula is C62H54N2. The van der Waals surface area contributed by atoms with Crippen LogP contribution in [0.5, 0.6) is 0 Å². The molecule has 0 amide bonds. The van der Waals surface area contributed by atoms with E-state index in [4.69, 9.17) is 0 Å². The van der Waals surface area contributed by atoms with E-state index in [9.17, 15) is 0 Å². The van der Waals surface area contributed by atoms with E-state index in [0.29, 0.717) is 0 Å². The van der Waals surface area contributed by atoms with Gasteiger partial charge in [-0.1, -0.05) is 154 Å². The highest BCUT2D eigenvalue weighted by molar-refractivity contribution is 5.90. The monoisotopic (exact) mass is 826 g/mol. The van der Waals surface area contributed by atoms with Crippen LogP contribution in [0.4, 0.5) is 28.4 Å². The van der Waals surface area contributed by atoms with E-state index in [-0.39, 0.29) is 10.8 Å². The first-order chi connectivity index (χ1) is 31.4. The molecule has 0 N–H and O–H groups in total. The summed E-state index contributed by atoms with van der Waals surface area (Å²) in [5, 5.41) is 0. The van der Waals surface area contributed by atoms with Gasteiger partial charge in [0.25, 0.3) is 0 Å². The fourth-order valence-electron chi connectivity index (χ4n) is 12.8. The number of rotatable bonds is 4. The molecule has 312 valence electrons. The summed E-state index contributed by atoms with van der Waals surface area (Å²) in [7, 11) is 0. The van der Waals surface area contributed by atoms with Crippen LogP contribution in [0.15, 0.2) is 169 Å². The number of nitrogens with zero attached hydrogens (tertiary/aromatic N) is 2. The Balaban J connectivity index is 0.825. The fraction of sp³-hybridized carbons (Fsp3) is 0.226. The second kappa shape index (κ2) is 14.4. The minimum Gasteiger partial charge on any atom is -0.314 e. The zero-order valence-corrected chi connectivity index (χ0v) is 37.1. The average molecular weight is 827 g/mol. The molecule has 0 saturated heterocycles. The van der Waals surface area contributed by atoms with E-state index in [1.165, 1.54) is 138 Å². The molecule has 64 heavy (non-hydrogen) atoms. The molecule has 0 bridgehead atoms. The molecule has 0 unspecified atom stereocenters. The standard InChI is InChI=1S/C62H54N2/c1-61(2)53-37-41(23-31-49(53)50-33-29-47(39-54(50)61)63-57-17-7-3-13-43(57)25-26-44-14-4-8-18-58(44)63)21-22-42-24-32-51-52-34-30-48(40-56(52)62(55(51)38-42)35-11-12-36-62)64-59-19-9-5-15-45(59)27-28-46-16-6-10-20-60(46)64/h3-7,9-10,13-17,19-24,29-34,37-40H,8,11-12,18,25-28,35-36H2,1-2H3/b22-21+. The van der Waals surface area contributed by atoms with Gasteiger partial charge in [0, 0.05) is 45.0 Å². The van der Waals surface area contributed by atoms with E-state index >= 15 is 0 Å². The van der Waals surface area contributed by atoms with Crippen LogP contribution in [0, 0.1) is 0 Å². The van der Waals surface area contributed by atoms with Gasteiger partial charge in [-0.3, -0.25) is 0 Å². The third-order valence-electron chi connectivity index (χ3n) is 16.0. The van der Waals surface area contributed by atoms with Crippen LogP contribution in [0.2, 0.25) is 0 Å². The highest BCUT2D eigenvalue weighted by Crippen LogP contribution is 2.59. The Morgan fingerprint density at radius 1 is 0.453 bits per heavy atom. The van der Waals surface area contributed by atoms with E-state index in [2.05, 4.69) is 194 Å². The van der Waals surface area contributed by atoms with Crippen molar-refractivity contribution in [2.75, 3.05) is 9.80 Å². The van der Waals surface area contributed by atoms with Gasteiger partial charge in [0.05, 0.1) is 0 Å². The van der Waals surface area contributed by atoms with Crippen molar-refractivity contribution in [3.63, 3.8) is 0 Å². The zero-order chi connectivity index (χ0) is 42.6. The maximum absolute atomic E-state index is 2.59. The number of fused-ring (bicyclic) bond motifs is 11. The van der Waals surface area contributed by atoms with Crippen LogP contribution < -0.4 is 9.80 Å². The fourth-order valence-corrected chi connectivity index (χ4v) is 12.8. The van der Waals surface area contributed by atoms with Crippen LogP contribution in [0.1, 0.15) is 109 Å². The molecule has 0 atom stereocenters. The van der Waals surface area contributed by atoms with Crippen LogP contribution in [-0.4, -0.2) is 0 Å². The lowest BCUT2D eigenvalue weighted by Crippen LogP contribution is -2.21. The molecule has 13 rings (SSSR count). The number of aryl methyl sites for hydroxylation is 3. The molecule has 0 aromatic heterocycles. The van der Waals surface area contributed by atoms with E-state index in [1.807, 2.05) is 0 Å². The lowest BCUT2D eigenvalue weighted by atomic mass is 9.76. The predicted molar refractivity (Wildman–Crippen MR) is 268 cm³/mol. The molecule has 1 fully saturated rings. The van der Waals surface area contributed by atoms with Crippen LogP contribution in [0.3, 0.4) is 0 Å².